The lowest BCUT2D eigenvalue weighted by Gasteiger charge is -2.19. The first kappa shape index (κ1) is 17.1. The fourth-order valence-electron chi connectivity index (χ4n) is 2.34. The Kier molecular flexibility index (Phi) is 5.43. The molecule has 3 nitrogen and oxygen atoms in total. The van der Waals surface area contributed by atoms with Crippen molar-refractivity contribution in [1.29, 1.82) is 0 Å². The lowest BCUT2D eigenvalue weighted by molar-refractivity contribution is -0.118. The van der Waals surface area contributed by atoms with Gasteiger partial charge in [0, 0.05) is 5.69 Å². The molecule has 0 heterocycles. The van der Waals surface area contributed by atoms with E-state index in [1.165, 1.54) is 5.56 Å². The number of carbonyl (C=O) groups excluding carboxylic acids is 1. The van der Waals surface area contributed by atoms with Crippen LogP contribution in [0.3, 0.4) is 0 Å². The maximum absolute atomic E-state index is 12.1. The van der Waals surface area contributed by atoms with Gasteiger partial charge in [0.1, 0.15) is 5.75 Å². The maximum atomic E-state index is 12.1. The fourth-order valence-corrected chi connectivity index (χ4v) is 2.34. The van der Waals surface area contributed by atoms with E-state index in [0.717, 1.165) is 23.4 Å². The third-order valence-corrected chi connectivity index (χ3v) is 3.74. The standard InChI is InChI=1S/C20H25NO2/c1-5-15-9-6-7-12-18(15)21-19(22)14-23-17-11-8-10-16(13-17)20(2,3)4/h6-13H,5,14H2,1-4H3,(H,21,22). The van der Waals surface area contributed by atoms with Crippen molar-refractivity contribution < 1.29 is 9.53 Å². The topological polar surface area (TPSA) is 38.3 Å². The van der Waals surface area contributed by atoms with Crippen LogP contribution in [0.15, 0.2) is 48.5 Å². The molecule has 0 fully saturated rings. The second kappa shape index (κ2) is 7.32. The van der Waals surface area contributed by atoms with Crippen LogP contribution in [0.25, 0.3) is 0 Å². The molecule has 0 spiro atoms. The van der Waals surface area contributed by atoms with Crippen molar-refractivity contribution in [2.45, 2.75) is 39.5 Å². The van der Waals surface area contributed by atoms with Crippen molar-refractivity contribution in [3.05, 3.63) is 59.7 Å². The molecule has 0 radical (unpaired) electrons. The summed E-state index contributed by atoms with van der Waals surface area (Å²) in [5.74, 6) is 0.573. The highest BCUT2D eigenvalue weighted by Crippen LogP contribution is 2.25. The number of amides is 1. The Balaban J connectivity index is 1.97. The Hall–Kier alpha value is -2.29. The lowest BCUT2D eigenvalue weighted by atomic mass is 9.87. The van der Waals surface area contributed by atoms with Crippen LogP contribution in [0.4, 0.5) is 5.69 Å². The molecule has 2 aromatic carbocycles. The number of para-hydroxylation sites is 1. The third-order valence-electron chi connectivity index (χ3n) is 3.74. The highest BCUT2D eigenvalue weighted by atomic mass is 16.5. The number of benzene rings is 2. The van der Waals surface area contributed by atoms with Crippen LogP contribution >= 0.6 is 0 Å². The smallest absolute Gasteiger partial charge is 0.262 e. The Bertz CT molecular complexity index is 671. The number of hydrogen-bond donors (Lipinski definition) is 1. The Morgan fingerprint density at radius 1 is 1.09 bits per heavy atom. The van der Waals surface area contributed by atoms with E-state index >= 15 is 0 Å². The summed E-state index contributed by atoms with van der Waals surface area (Å²) >= 11 is 0. The zero-order valence-corrected chi connectivity index (χ0v) is 14.3. The fraction of sp³-hybridized carbons (Fsp3) is 0.350. The van der Waals surface area contributed by atoms with Gasteiger partial charge < -0.3 is 10.1 Å². The van der Waals surface area contributed by atoms with Crippen LogP contribution in [0.2, 0.25) is 0 Å². The number of anilines is 1. The van der Waals surface area contributed by atoms with Crippen molar-refractivity contribution >= 4 is 11.6 Å². The Morgan fingerprint density at radius 2 is 1.83 bits per heavy atom. The van der Waals surface area contributed by atoms with E-state index < -0.39 is 0 Å². The van der Waals surface area contributed by atoms with E-state index in [4.69, 9.17) is 4.74 Å². The normalized spacial score (nSPS) is 11.1. The summed E-state index contributed by atoms with van der Waals surface area (Å²) in [6.07, 6.45) is 0.880. The van der Waals surface area contributed by atoms with Crippen molar-refractivity contribution in [2.75, 3.05) is 11.9 Å². The predicted molar refractivity (Wildman–Crippen MR) is 95.1 cm³/mol. The van der Waals surface area contributed by atoms with Gasteiger partial charge >= 0.3 is 0 Å². The van der Waals surface area contributed by atoms with Gasteiger partial charge in [0.05, 0.1) is 0 Å². The molecule has 2 aromatic rings. The second-order valence-corrected chi connectivity index (χ2v) is 6.63. The molecule has 0 bridgehead atoms. The van der Waals surface area contributed by atoms with Gasteiger partial charge in [0.15, 0.2) is 6.61 Å². The highest BCUT2D eigenvalue weighted by Gasteiger charge is 2.14. The van der Waals surface area contributed by atoms with Crippen LogP contribution < -0.4 is 10.1 Å². The van der Waals surface area contributed by atoms with Crippen molar-refractivity contribution in [2.24, 2.45) is 0 Å². The molecule has 0 aliphatic heterocycles. The summed E-state index contributed by atoms with van der Waals surface area (Å²) in [6, 6.07) is 15.7. The Morgan fingerprint density at radius 3 is 2.52 bits per heavy atom. The molecular formula is C20H25NO2. The monoisotopic (exact) mass is 311 g/mol. The molecule has 0 unspecified atom stereocenters. The Labute approximate surface area is 138 Å². The quantitative estimate of drug-likeness (QED) is 0.879. The minimum Gasteiger partial charge on any atom is -0.484 e. The molecular weight excluding hydrogens is 286 g/mol. The average Bonchev–Trinajstić information content (AvgIpc) is 2.53. The second-order valence-electron chi connectivity index (χ2n) is 6.63. The first-order chi connectivity index (χ1) is 10.9. The van der Waals surface area contributed by atoms with Gasteiger partial charge in [-0.3, -0.25) is 4.79 Å². The van der Waals surface area contributed by atoms with E-state index in [1.807, 2.05) is 42.5 Å². The van der Waals surface area contributed by atoms with Crippen LogP contribution in [0, 0.1) is 0 Å². The van der Waals surface area contributed by atoms with Gasteiger partial charge in [-0.05, 0) is 41.2 Å². The number of rotatable bonds is 5. The largest absolute Gasteiger partial charge is 0.484 e. The summed E-state index contributed by atoms with van der Waals surface area (Å²) in [6.45, 7) is 8.53. The van der Waals surface area contributed by atoms with E-state index in [1.54, 1.807) is 0 Å². The van der Waals surface area contributed by atoms with Gasteiger partial charge in [-0.15, -0.1) is 0 Å². The van der Waals surface area contributed by atoms with E-state index in [-0.39, 0.29) is 17.9 Å². The zero-order chi connectivity index (χ0) is 16.9. The maximum Gasteiger partial charge on any atom is 0.262 e. The molecule has 122 valence electrons. The van der Waals surface area contributed by atoms with Crippen LogP contribution in [0.1, 0.15) is 38.8 Å². The van der Waals surface area contributed by atoms with Gasteiger partial charge in [-0.1, -0.05) is 58.0 Å². The summed E-state index contributed by atoms with van der Waals surface area (Å²) in [5, 5.41) is 2.91. The minimum absolute atomic E-state index is 0.00560. The zero-order valence-electron chi connectivity index (χ0n) is 14.3. The summed E-state index contributed by atoms with van der Waals surface area (Å²) < 4.78 is 5.64. The molecule has 2 rings (SSSR count). The number of nitrogens with one attached hydrogen (secondary N) is 1. The van der Waals surface area contributed by atoms with Crippen molar-refractivity contribution in [3.63, 3.8) is 0 Å². The first-order valence-electron chi connectivity index (χ1n) is 8.01. The molecule has 1 amide bonds. The summed E-state index contributed by atoms with van der Waals surface area (Å²) in [4.78, 5) is 12.1. The van der Waals surface area contributed by atoms with E-state index in [9.17, 15) is 4.79 Å². The van der Waals surface area contributed by atoms with Gasteiger partial charge in [0.2, 0.25) is 0 Å². The number of hydrogen-bond acceptors (Lipinski definition) is 2. The number of aryl methyl sites for hydroxylation is 1. The minimum atomic E-state index is -0.146. The molecule has 0 atom stereocenters. The molecule has 23 heavy (non-hydrogen) atoms. The molecule has 0 saturated carbocycles. The van der Waals surface area contributed by atoms with Gasteiger partial charge in [-0.2, -0.15) is 0 Å². The molecule has 0 saturated heterocycles. The number of ether oxygens (including phenoxy) is 1. The first-order valence-corrected chi connectivity index (χ1v) is 8.01. The molecule has 0 aliphatic carbocycles. The molecule has 1 N–H and O–H groups in total. The van der Waals surface area contributed by atoms with Gasteiger partial charge in [-0.25, -0.2) is 0 Å². The number of carbonyl (C=O) groups is 1. The third kappa shape index (κ3) is 4.85. The highest BCUT2D eigenvalue weighted by molar-refractivity contribution is 5.92. The summed E-state index contributed by atoms with van der Waals surface area (Å²) in [5.41, 5.74) is 3.22. The predicted octanol–water partition coefficient (Wildman–Crippen LogP) is 4.56. The van der Waals surface area contributed by atoms with Gasteiger partial charge in [0.25, 0.3) is 5.91 Å². The van der Waals surface area contributed by atoms with Crippen molar-refractivity contribution in [3.8, 4) is 5.75 Å². The average molecular weight is 311 g/mol. The lowest BCUT2D eigenvalue weighted by Crippen LogP contribution is -2.21. The van der Waals surface area contributed by atoms with Crippen molar-refractivity contribution in [1.82, 2.24) is 0 Å². The van der Waals surface area contributed by atoms with E-state index in [0.29, 0.717) is 0 Å². The van der Waals surface area contributed by atoms with Crippen LogP contribution in [-0.2, 0) is 16.6 Å². The SMILES string of the molecule is CCc1ccccc1NC(=O)COc1cccc(C(C)(C)C)c1. The van der Waals surface area contributed by atoms with E-state index in [2.05, 4.69) is 39.1 Å². The molecule has 0 aromatic heterocycles. The van der Waals surface area contributed by atoms with Crippen LogP contribution in [0.5, 0.6) is 5.75 Å². The van der Waals surface area contributed by atoms with Crippen LogP contribution in [-0.4, -0.2) is 12.5 Å². The molecule has 3 heteroatoms. The molecule has 0 aliphatic rings. The summed E-state index contributed by atoms with van der Waals surface area (Å²) in [7, 11) is 0.